The standard InChI is InChI=1S/C14H21NO2/c1-10(2)8-15-12(14(3,4)5)7-6-11(9-16)13(15)17/h6-7,9-10H,8H2,1-5H3. The van der Waals surface area contributed by atoms with Crippen LogP contribution in [0.1, 0.15) is 50.7 Å². The highest BCUT2D eigenvalue weighted by atomic mass is 16.1. The Hall–Kier alpha value is -1.38. The molecule has 1 rings (SSSR count). The van der Waals surface area contributed by atoms with Crippen LogP contribution in [0, 0.1) is 5.92 Å². The van der Waals surface area contributed by atoms with Crippen molar-refractivity contribution >= 4 is 6.29 Å². The molecule has 0 saturated heterocycles. The lowest BCUT2D eigenvalue weighted by molar-refractivity contribution is 0.112. The van der Waals surface area contributed by atoms with Gasteiger partial charge in [0.2, 0.25) is 0 Å². The predicted molar refractivity (Wildman–Crippen MR) is 69.6 cm³/mol. The highest BCUT2D eigenvalue weighted by Gasteiger charge is 2.20. The van der Waals surface area contributed by atoms with Crippen LogP contribution in [0.15, 0.2) is 16.9 Å². The molecule has 0 unspecified atom stereocenters. The summed E-state index contributed by atoms with van der Waals surface area (Å²) in [4.78, 5) is 22.9. The first-order chi connectivity index (χ1) is 7.77. The third-order valence-corrected chi connectivity index (χ3v) is 2.65. The molecule has 3 heteroatoms. The zero-order chi connectivity index (χ0) is 13.2. The van der Waals surface area contributed by atoms with Crippen molar-refractivity contribution in [1.29, 1.82) is 0 Å². The molecule has 0 aliphatic rings. The maximum atomic E-state index is 12.1. The van der Waals surface area contributed by atoms with Gasteiger partial charge in [-0.25, -0.2) is 0 Å². The summed E-state index contributed by atoms with van der Waals surface area (Å²) in [5.41, 5.74) is 0.928. The van der Waals surface area contributed by atoms with Crippen LogP contribution < -0.4 is 5.56 Å². The van der Waals surface area contributed by atoms with Crippen LogP contribution in [0.3, 0.4) is 0 Å². The molecular formula is C14H21NO2. The number of nitrogens with zero attached hydrogens (tertiary/aromatic N) is 1. The van der Waals surface area contributed by atoms with Crippen molar-refractivity contribution in [2.75, 3.05) is 0 Å². The number of aldehydes is 1. The molecule has 0 bridgehead atoms. The lowest BCUT2D eigenvalue weighted by Crippen LogP contribution is -2.32. The normalized spacial score (nSPS) is 11.9. The average molecular weight is 235 g/mol. The van der Waals surface area contributed by atoms with Crippen LogP contribution in [0.4, 0.5) is 0 Å². The summed E-state index contributed by atoms with van der Waals surface area (Å²) >= 11 is 0. The molecule has 0 atom stereocenters. The van der Waals surface area contributed by atoms with E-state index in [1.807, 2.05) is 6.07 Å². The van der Waals surface area contributed by atoms with Gasteiger partial charge in [-0.15, -0.1) is 0 Å². The lowest BCUT2D eigenvalue weighted by atomic mass is 9.90. The molecule has 0 saturated carbocycles. The van der Waals surface area contributed by atoms with Gasteiger partial charge in [0, 0.05) is 17.7 Å². The van der Waals surface area contributed by atoms with Gasteiger partial charge in [-0.05, 0) is 18.1 Å². The van der Waals surface area contributed by atoms with Crippen LogP contribution >= 0.6 is 0 Å². The molecule has 94 valence electrons. The van der Waals surface area contributed by atoms with E-state index in [-0.39, 0.29) is 16.5 Å². The van der Waals surface area contributed by atoms with E-state index in [9.17, 15) is 9.59 Å². The summed E-state index contributed by atoms with van der Waals surface area (Å²) in [7, 11) is 0. The van der Waals surface area contributed by atoms with E-state index in [2.05, 4.69) is 34.6 Å². The summed E-state index contributed by atoms with van der Waals surface area (Å²) < 4.78 is 1.73. The first-order valence-corrected chi connectivity index (χ1v) is 5.97. The SMILES string of the molecule is CC(C)Cn1c(C(C)(C)C)ccc(C=O)c1=O. The van der Waals surface area contributed by atoms with E-state index < -0.39 is 0 Å². The summed E-state index contributed by atoms with van der Waals surface area (Å²) in [5.74, 6) is 0.371. The third-order valence-electron chi connectivity index (χ3n) is 2.65. The van der Waals surface area contributed by atoms with Crippen LogP contribution in [0.5, 0.6) is 0 Å². The molecule has 1 heterocycles. The summed E-state index contributed by atoms with van der Waals surface area (Å²) in [6.07, 6.45) is 0.631. The number of rotatable bonds is 3. The van der Waals surface area contributed by atoms with Gasteiger partial charge >= 0.3 is 0 Å². The van der Waals surface area contributed by atoms with Gasteiger partial charge in [-0.1, -0.05) is 34.6 Å². The molecule has 17 heavy (non-hydrogen) atoms. The molecule has 0 aliphatic heterocycles. The summed E-state index contributed by atoms with van der Waals surface area (Å²) in [6.45, 7) is 11.0. The number of carbonyl (C=O) groups is 1. The Morgan fingerprint density at radius 2 is 1.88 bits per heavy atom. The Balaban J connectivity index is 3.47. The van der Waals surface area contributed by atoms with Crippen molar-refractivity contribution in [3.63, 3.8) is 0 Å². The second-order valence-electron chi connectivity index (χ2n) is 5.85. The zero-order valence-corrected chi connectivity index (χ0v) is 11.3. The minimum atomic E-state index is -0.180. The van der Waals surface area contributed by atoms with Crippen molar-refractivity contribution in [3.8, 4) is 0 Å². The summed E-state index contributed by atoms with van der Waals surface area (Å²) in [5, 5.41) is 0. The molecule has 0 amide bonds. The Bertz CT molecular complexity index is 464. The van der Waals surface area contributed by atoms with Crippen LogP contribution in [0.25, 0.3) is 0 Å². The summed E-state index contributed by atoms with van der Waals surface area (Å²) in [6, 6.07) is 3.50. The van der Waals surface area contributed by atoms with Crippen molar-refractivity contribution in [2.45, 2.75) is 46.6 Å². The fraction of sp³-hybridized carbons (Fsp3) is 0.571. The molecular weight excluding hydrogens is 214 g/mol. The topological polar surface area (TPSA) is 39.1 Å². The predicted octanol–water partition coefficient (Wildman–Crippen LogP) is 2.61. The first-order valence-electron chi connectivity index (χ1n) is 5.97. The molecule has 0 spiro atoms. The van der Waals surface area contributed by atoms with E-state index in [0.29, 0.717) is 18.7 Å². The number of pyridine rings is 1. The molecule has 0 aliphatic carbocycles. The van der Waals surface area contributed by atoms with Crippen LogP contribution in [-0.2, 0) is 12.0 Å². The van der Waals surface area contributed by atoms with E-state index in [1.165, 1.54) is 0 Å². The van der Waals surface area contributed by atoms with Gasteiger partial charge in [0.1, 0.15) is 0 Å². The van der Waals surface area contributed by atoms with Gasteiger partial charge in [0.05, 0.1) is 5.56 Å². The maximum absolute atomic E-state index is 12.1. The van der Waals surface area contributed by atoms with Crippen LogP contribution in [-0.4, -0.2) is 10.9 Å². The zero-order valence-electron chi connectivity index (χ0n) is 11.3. The van der Waals surface area contributed by atoms with Gasteiger partial charge in [0.15, 0.2) is 6.29 Å². The number of hydrogen-bond acceptors (Lipinski definition) is 2. The minimum absolute atomic E-state index is 0.102. The Morgan fingerprint density at radius 1 is 1.29 bits per heavy atom. The molecule has 0 radical (unpaired) electrons. The fourth-order valence-corrected chi connectivity index (χ4v) is 1.89. The van der Waals surface area contributed by atoms with Gasteiger partial charge < -0.3 is 4.57 Å². The van der Waals surface area contributed by atoms with Crippen molar-refractivity contribution in [3.05, 3.63) is 33.7 Å². The average Bonchev–Trinajstić information content (AvgIpc) is 2.18. The second-order valence-corrected chi connectivity index (χ2v) is 5.85. The van der Waals surface area contributed by atoms with Crippen LogP contribution in [0.2, 0.25) is 0 Å². The first kappa shape index (κ1) is 13.7. The number of aromatic nitrogens is 1. The Morgan fingerprint density at radius 3 is 2.29 bits per heavy atom. The highest BCUT2D eigenvalue weighted by Crippen LogP contribution is 2.21. The van der Waals surface area contributed by atoms with E-state index >= 15 is 0 Å². The monoisotopic (exact) mass is 235 g/mol. The molecule has 1 aromatic heterocycles. The van der Waals surface area contributed by atoms with Crippen molar-refractivity contribution in [2.24, 2.45) is 5.92 Å². The molecule has 3 nitrogen and oxygen atoms in total. The van der Waals surface area contributed by atoms with Gasteiger partial charge in [-0.3, -0.25) is 9.59 Å². The molecule has 0 fully saturated rings. The number of hydrogen-bond donors (Lipinski definition) is 0. The van der Waals surface area contributed by atoms with Crippen molar-refractivity contribution < 1.29 is 4.79 Å². The lowest BCUT2D eigenvalue weighted by Gasteiger charge is -2.25. The Labute approximate surface area is 102 Å². The van der Waals surface area contributed by atoms with E-state index in [4.69, 9.17) is 0 Å². The Kier molecular flexibility index (Phi) is 3.91. The molecule has 0 aromatic carbocycles. The molecule has 0 N–H and O–H groups in total. The quantitative estimate of drug-likeness (QED) is 0.755. The third kappa shape index (κ3) is 3.05. The maximum Gasteiger partial charge on any atom is 0.261 e. The highest BCUT2D eigenvalue weighted by molar-refractivity contribution is 5.74. The van der Waals surface area contributed by atoms with Gasteiger partial charge in [0.25, 0.3) is 5.56 Å². The smallest absolute Gasteiger partial charge is 0.261 e. The van der Waals surface area contributed by atoms with E-state index in [0.717, 1.165) is 5.69 Å². The largest absolute Gasteiger partial charge is 0.311 e. The second kappa shape index (κ2) is 4.86. The van der Waals surface area contributed by atoms with Gasteiger partial charge in [-0.2, -0.15) is 0 Å². The van der Waals surface area contributed by atoms with E-state index in [1.54, 1.807) is 10.6 Å². The fourth-order valence-electron chi connectivity index (χ4n) is 1.89. The minimum Gasteiger partial charge on any atom is -0.311 e. The number of carbonyl (C=O) groups excluding carboxylic acids is 1. The molecule has 1 aromatic rings. The van der Waals surface area contributed by atoms with Crippen molar-refractivity contribution in [1.82, 2.24) is 4.57 Å².